The second-order valence-corrected chi connectivity index (χ2v) is 6.31. The quantitative estimate of drug-likeness (QED) is 0.548. The maximum Gasteiger partial charge on any atom is 0.321 e. The monoisotopic (exact) mass is 315 g/mol. The average molecular weight is 315 g/mol. The minimum atomic E-state index is -3.78. The molecule has 0 bridgehead atoms. The molecule has 1 unspecified atom stereocenters. The van der Waals surface area contributed by atoms with Gasteiger partial charge in [-0.25, -0.2) is 13.1 Å². The van der Waals surface area contributed by atoms with E-state index in [-0.39, 0.29) is 25.0 Å². The fraction of sp³-hybridized carbons (Fsp3) is 0.417. The van der Waals surface area contributed by atoms with Crippen LogP contribution in [0.4, 0.5) is 0 Å². The zero-order valence-electron chi connectivity index (χ0n) is 11.2. The van der Waals surface area contributed by atoms with Gasteiger partial charge in [-0.3, -0.25) is 14.6 Å². The average Bonchev–Trinajstić information content (AvgIpc) is 2.42. The van der Waals surface area contributed by atoms with Gasteiger partial charge in [0.15, 0.2) is 0 Å². The summed E-state index contributed by atoms with van der Waals surface area (Å²) in [6.45, 7) is 0. The van der Waals surface area contributed by atoms with Crippen molar-refractivity contribution in [2.24, 2.45) is 5.73 Å². The van der Waals surface area contributed by atoms with E-state index in [9.17, 15) is 18.0 Å². The van der Waals surface area contributed by atoms with Crippen molar-refractivity contribution >= 4 is 21.9 Å². The number of aromatic nitrogens is 1. The van der Waals surface area contributed by atoms with E-state index < -0.39 is 27.9 Å². The number of primary amides is 1. The molecule has 116 valence electrons. The normalized spacial score (nSPS) is 12.8. The van der Waals surface area contributed by atoms with Crippen molar-refractivity contribution in [3.63, 3.8) is 0 Å². The molecule has 0 aliphatic rings. The highest BCUT2D eigenvalue weighted by Gasteiger charge is 2.24. The fourth-order valence-electron chi connectivity index (χ4n) is 1.60. The smallest absolute Gasteiger partial charge is 0.321 e. The highest BCUT2D eigenvalue weighted by Crippen LogP contribution is 2.03. The minimum absolute atomic E-state index is 0.181. The van der Waals surface area contributed by atoms with Crippen LogP contribution in [0.3, 0.4) is 0 Å². The molecular formula is C12H17N3O5S. The van der Waals surface area contributed by atoms with E-state index in [0.29, 0.717) is 0 Å². The Morgan fingerprint density at radius 2 is 1.95 bits per heavy atom. The molecule has 0 aromatic carbocycles. The van der Waals surface area contributed by atoms with Crippen LogP contribution < -0.4 is 10.5 Å². The molecule has 0 aliphatic heterocycles. The van der Waals surface area contributed by atoms with Crippen molar-refractivity contribution in [2.45, 2.75) is 25.3 Å². The van der Waals surface area contributed by atoms with Crippen molar-refractivity contribution in [3.8, 4) is 0 Å². The van der Waals surface area contributed by atoms with E-state index in [2.05, 4.69) is 9.71 Å². The summed E-state index contributed by atoms with van der Waals surface area (Å²) in [6.07, 6.45) is 2.94. The Morgan fingerprint density at radius 1 is 1.33 bits per heavy atom. The summed E-state index contributed by atoms with van der Waals surface area (Å²) in [5.74, 6) is -2.28. The first-order valence-corrected chi connectivity index (χ1v) is 7.85. The van der Waals surface area contributed by atoms with E-state index in [1.54, 1.807) is 24.5 Å². The first-order chi connectivity index (χ1) is 9.80. The van der Waals surface area contributed by atoms with Gasteiger partial charge in [-0.2, -0.15) is 0 Å². The number of carbonyl (C=O) groups is 2. The summed E-state index contributed by atoms with van der Waals surface area (Å²) in [5, 5.41) is 8.95. The molecule has 1 heterocycles. The highest BCUT2D eigenvalue weighted by atomic mass is 32.2. The summed E-state index contributed by atoms with van der Waals surface area (Å²) in [6, 6.07) is 1.99. The molecule has 1 amide bonds. The molecule has 21 heavy (non-hydrogen) atoms. The number of nitrogens with two attached hydrogens (primary N) is 1. The number of carboxylic acid groups (broad SMARTS) is 1. The molecule has 0 aliphatic carbocycles. The van der Waals surface area contributed by atoms with Crippen LogP contribution in [-0.2, 0) is 26.0 Å². The molecule has 1 rings (SSSR count). The maximum absolute atomic E-state index is 11.9. The van der Waals surface area contributed by atoms with Gasteiger partial charge in [-0.15, -0.1) is 0 Å². The van der Waals surface area contributed by atoms with Gasteiger partial charge in [-0.05, 0) is 30.5 Å². The third kappa shape index (κ3) is 6.82. The van der Waals surface area contributed by atoms with E-state index in [1.165, 1.54) is 0 Å². The standard InChI is InChI=1S/C12H17N3O5S/c13-11(16)2-1-10(12(17)18)15-21(19,20)8-5-9-3-6-14-7-4-9/h3-4,6-7,10,15H,1-2,5,8H2,(H2,13,16)(H,17,18). The predicted octanol–water partition coefficient (Wildman–Crippen LogP) is -0.738. The van der Waals surface area contributed by atoms with Gasteiger partial charge in [0, 0.05) is 18.8 Å². The molecule has 8 nitrogen and oxygen atoms in total. The van der Waals surface area contributed by atoms with E-state index >= 15 is 0 Å². The summed E-state index contributed by atoms with van der Waals surface area (Å²) in [5.41, 5.74) is 5.70. The van der Waals surface area contributed by atoms with E-state index in [4.69, 9.17) is 10.8 Å². The Morgan fingerprint density at radius 3 is 2.48 bits per heavy atom. The number of sulfonamides is 1. The van der Waals surface area contributed by atoms with Gasteiger partial charge in [-0.1, -0.05) is 0 Å². The molecule has 0 spiro atoms. The zero-order chi connectivity index (χ0) is 15.9. The van der Waals surface area contributed by atoms with Gasteiger partial charge in [0.25, 0.3) is 0 Å². The number of pyridine rings is 1. The number of aliphatic carboxylic acids is 1. The number of nitrogens with one attached hydrogen (secondary N) is 1. The van der Waals surface area contributed by atoms with E-state index in [1.807, 2.05) is 0 Å². The second kappa shape index (κ2) is 7.70. The van der Waals surface area contributed by atoms with Gasteiger partial charge >= 0.3 is 5.97 Å². The van der Waals surface area contributed by atoms with Crippen LogP contribution >= 0.6 is 0 Å². The Bertz CT molecular complexity index is 588. The molecule has 1 aromatic rings. The maximum atomic E-state index is 11.9. The largest absolute Gasteiger partial charge is 0.480 e. The van der Waals surface area contributed by atoms with Crippen molar-refractivity contribution in [2.75, 3.05) is 5.75 Å². The number of aryl methyl sites for hydroxylation is 1. The van der Waals surface area contributed by atoms with Gasteiger partial charge in [0.1, 0.15) is 6.04 Å². The van der Waals surface area contributed by atoms with Crippen molar-refractivity contribution < 1.29 is 23.1 Å². The number of carbonyl (C=O) groups excluding carboxylic acids is 1. The summed E-state index contributed by atoms with van der Waals surface area (Å²) in [4.78, 5) is 25.4. The molecule has 0 saturated carbocycles. The Kier molecular flexibility index (Phi) is 6.25. The van der Waals surface area contributed by atoms with Crippen LogP contribution in [0.1, 0.15) is 18.4 Å². The number of nitrogens with zero attached hydrogens (tertiary/aromatic N) is 1. The lowest BCUT2D eigenvalue weighted by Crippen LogP contribution is -2.42. The number of rotatable bonds is 9. The minimum Gasteiger partial charge on any atom is -0.480 e. The lowest BCUT2D eigenvalue weighted by molar-refractivity contribution is -0.139. The summed E-state index contributed by atoms with van der Waals surface area (Å²) >= 11 is 0. The van der Waals surface area contributed by atoms with Crippen molar-refractivity contribution in [3.05, 3.63) is 30.1 Å². The molecule has 0 saturated heterocycles. The van der Waals surface area contributed by atoms with Crippen LogP contribution in [0.25, 0.3) is 0 Å². The molecule has 1 atom stereocenters. The Labute approximate surface area is 122 Å². The van der Waals surface area contributed by atoms with Crippen LogP contribution in [0.5, 0.6) is 0 Å². The van der Waals surface area contributed by atoms with Gasteiger partial charge < -0.3 is 10.8 Å². The Balaban J connectivity index is 2.59. The van der Waals surface area contributed by atoms with Crippen LogP contribution in [0.2, 0.25) is 0 Å². The topological polar surface area (TPSA) is 139 Å². The van der Waals surface area contributed by atoms with Crippen LogP contribution in [-0.4, -0.2) is 42.2 Å². The fourth-order valence-corrected chi connectivity index (χ4v) is 2.87. The third-order valence-corrected chi connectivity index (χ3v) is 4.09. The lowest BCUT2D eigenvalue weighted by Gasteiger charge is -2.14. The third-order valence-electron chi connectivity index (χ3n) is 2.71. The SMILES string of the molecule is NC(=O)CCC(NS(=O)(=O)CCc1ccncc1)C(=O)O. The van der Waals surface area contributed by atoms with Crippen LogP contribution in [0.15, 0.2) is 24.5 Å². The van der Waals surface area contributed by atoms with Gasteiger partial charge in [0.05, 0.1) is 5.75 Å². The number of amides is 1. The number of hydrogen-bond acceptors (Lipinski definition) is 5. The van der Waals surface area contributed by atoms with Crippen molar-refractivity contribution in [1.29, 1.82) is 0 Å². The zero-order valence-corrected chi connectivity index (χ0v) is 12.0. The molecule has 9 heteroatoms. The first-order valence-electron chi connectivity index (χ1n) is 6.20. The van der Waals surface area contributed by atoms with E-state index in [0.717, 1.165) is 5.56 Å². The van der Waals surface area contributed by atoms with Crippen LogP contribution in [0, 0.1) is 0 Å². The highest BCUT2D eigenvalue weighted by molar-refractivity contribution is 7.89. The Hall–Kier alpha value is -2.00. The summed E-state index contributed by atoms with van der Waals surface area (Å²) in [7, 11) is -3.78. The van der Waals surface area contributed by atoms with Gasteiger partial charge in [0.2, 0.25) is 15.9 Å². The molecule has 0 radical (unpaired) electrons. The number of hydrogen-bond donors (Lipinski definition) is 3. The molecular weight excluding hydrogens is 298 g/mol. The lowest BCUT2D eigenvalue weighted by atomic mass is 10.2. The van der Waals surface area contributed by atoms with Crippen molar-refractivity contribution in [1.82, 2.24) is 9.71 Å². The summed E-state index contributed by atoms with van der Waals surface area (Å²) < 4.78 is 25.8. The predicted molar refractivity (Wildman–Crippen MR) is 74.7 cm³/mol. The number of carboxylic acids is 1. The second-order valence-electron chi connectivity index (χ2n) is 4.44. The molecule has 0 fully saturated rings. The first kappa shape index (κ1) is 17.1. The molecule has 1 aromatic heterocycles. The molecule has 4 N–H and O–H groups in total.